The van der Waals surface area contributed by atoms with E-state index >= 15 is 0 Å². The van der Waals surface area contributed by atoms with Crippen LogP contribution in [0.5, 0.6) is 0 Å². The molecule has 0 saturated carbocycles. The quantitative estimate of drug-likeness (QED) is 0.324. The summed E-state index contributed by atoms with van der Waals surface area (Å²) in [5.41, 5.74) is 1.89. The van der Waals surface area contributed by atoms with Crippen LogP contribution in [0.2, 0.25) is 0 Å². The predicted octanol–water partition coefficient (Wildman–Crippen LogP) is 2.72. The van der Waals surface area contributed by atoms with Crippen LogP contribution in [-0.2, 0) is 4.74 Å². The Bertz CT molecular complexity index is 532. The number of hydrazone groups is 1. The maximum Gasteiger partial charge on any atom is 0.301 e. The molecule has 114 valence electrons. The van der Waals surface area contributed by atoms with Crippen LogP contribution >= 0.6 is 0 Å². The van der Waals surface area contributed by atoms with Gasteiger partial charge < -0.3 is 4.74 Å². The van der Waals surface area contributed by atoms with Crippen molar-refractivity contribution < 1.29 is 14.6 Å². The van der Waals surface area contributed by atoms with Gasteiger partial charge in [-0.1, -0.05) is 0 Å². The highest BCUT2D eigenvalue weighted by Gasteiger charge is 2.18. The van der Waals surface area contributed by atoms with Crippen molar-refractivity contribution in [3.8, 4) is 0 Å². The van der Waals surface area contributed by atoms with Crippen molar-refractivity contribution in [2.45, 2.75) is 19.8 Å². The second kappa shape index (κ2) is 8.59. The molecule has 0 aliphatic rings. The van der Waals surface area contributed by atoms with Gasteiger partial charge in [0.25, 0.3) is 5.69 Å². The molecular formula is C12H16N4O5. The van der Waals surface area contributed by atoms with E-state index < -0.39 is 15.5 Å². The second-order valence-electron chi connectivity index (χ2n) is 3.98. The molecule has 0 aliphatic carbocycles. The molecule has 0 fully saturated rings. The molecule has 21 heavy (non-hydrogen) atoms. The van der Waals surface area contributed by atoms with Gasteiger partial charge in [0.2, 0.25) is 0 Å². The fourth-order valence-corrected chi connectivity index (χ4v) is 1.48. The number of nitro benzene ring substituents is 2. The van der Waals surface area contributed by atoms with Gasteiger partial charge in [-0.25, -0.2) is 0 Å². The third kappa shape index (κ3) is 5.53. The van der Waals surface area contributed by atoms with Gasteiger partial charge in [0.1, 0.15) is 5.69 Å². The summed E-state index contributed by atoms with van der Waals surface area (Å²) in [4.78, 5) is 20.1. The number of ether oxygens (including phenoxy) is 1. The molecule has 1 N–H and O–H groups in total. The summed E-state index contributed by atoms with van der Waals surface area (Å²) in [6.07, 6.45) is 3.03. The lowest BCUT2D eigenvalue weighted by molar-refractivity contribution is -0.393. The fourth-order valence-electron chi connectivity index (χ4n) is 1.48. The van der Waals surface area contributed by atoms with Gasteiger partial charge in [0.05, 0.1) is 15.9 Å². The molecule has 0 bridgehead atoms. The lowest BCUT2D eigenvalue weighted by Crippen LogP contribution is -1.99. The summed E-state index contributed by atoms with van der Waals surface area (Å²) in [5, 5.41) is 25.3. The summed E-state index contributed by atoms with van der Waals surface area (Å²) < 4.78 is 5.15. The van der Waals surface area contributed by atoms with Crippen molar-refractivity contribution in [1.29, 1.82) is 0 Å². The van der Waals surface area contributed by atoms with Crippen molar-refractivity contribution in [3.05, 3.63) is 38.4 Å². The Kier molecular flexibility index (Phi) is 6.75. The average Bonchev–Trinajstić information content (AvgIpc) is 2.46. The first-order valence-electron chi connectivity index (χ1n) is 6.34. The van der Waals surface area contributed by atoms with E-state index in [1.165, 1.54) is 12.1 Å². The molecule has 0 heterocycles. The molecule has 0 aliphatic heterocycles. The van der Waals surface area contributed by atoms with Crippen LogP contribution in [0.25, 0.3) is 0 Å². The Morgan fingerprint density at radius 2 is 2.10 bits per heavy atom. The number of anilines is 1. The highest BCUT2D eigenvalue weighted by molar-refractivity contribution is 5.67. The minimum Gasteiger partial charge on any atom is -0.382 e. The lowest BCUT2D eigenvalue weighted by Gasteiger charge is -2.02. The zero-order valence-electron chi connectivity index (χ0n) is 11.5. The van der Waals surface area contributed by atoms with E-state index in [2.05, 4.69) is 10.5 Å². The average molecular weight is 296 g/mol. The van der Waals surface area contributed by atoms with Gasteiger partial charge in [0, 0.05) is 25.5 Å². The van der Waals surface area contributed by atoms with Crippen LogP contribution in [-0.4, -0.2) is 29.3 Å². The molecule has 0 atom stereocenters. The van der Waals surface area contributed by atoms with Gasteiger partial charge in [-0.15, -0.1) is 0 Å². The molecule has 0 amide bonds. The summed E-state index contributed by atoms with van der Waals surface area (Å²) in [6.45, 7) is 3.19. The number of benzene rings is 1. The molecule has 0 spiro atoms. The van der Waals surface area contributed by atoms with Gasteiger partial charge in [-0.05, 0) is 25.8 Å². The Hall–Kier alpha value is -2.55. The number of nitrogens with zero attached hydrogens (tertiary/aromatic N) is 3. The normalized spacial score (nSPS) is 10.7. The van der Waals surface area contributed by atoms with E-state index in [4.69, 9.17) is 4.74 Å². The van der Waals surface area contributed by atoms with Crippen LogP contribution in [0.3, 0.4) is 0 Å². The number of rotatable bonds is 9. The Labute approximate surface area is 120 Å². The van der Waals surface area contributed by atoms with Crippen LogP contribution in [0.15, 0.2) is 23.3 Å². The van der Waals surface area contributed by atoms with Crippen LogP contribution in [0.4, 0.5) is 17.1 Å². The number of unbranched alkanes of at least 4 members (excludes halogenated alkanes) is 1. The van der Waals surface area contributed by atoms with Crippen molar-refractivity contribution in [1.82, 2.24) is 0 Å². The predicted molar refractivity (Wildman–Crippen MR) is 77.6 cm³/mol. The first-order chi connectivity index (χ1) is 10.1. The third-order valence-corrected chi connectivity index (χ3v) is 2.49. The van der Waals surface area contributed by atoms with E-state index in [9.17, 15) is 20.2 Å². The lowest BCUT2D eigenvalue weighted by atomic mass is 10.2. The van der Waals surface area contributed by atoms with Gasteiger partial charge in [0.15, 0.2) is 0 Å². The highest BCUT2D eigenvalue weighted by Crippen LogP contribution is 2.28. The third-order valence-electron chi connectivity index (χ3n) is 2.49. The smallest absolute Gasteiger partial charge is 0.301 e. The van der Waals surface area contributed by atoms with Crippen molar-refractivity contribution in [3.63, 3.8) is 0 Å². The second-order valence-corrected chi connectivity index (χ2v) is 3.98. The SMILES string of the molecule is CCOCCCC=NNc1ccc([N+](=O)[O-])cc1[N+](=O)[O-]. The first kappa shape index (κ1) is 16.5. The minimum atomic E-state index is -0.695. The van der Waals surface area contributed by atoms with Gasteiger partial charge in [-0.3, -0.25) is 25.7 Å². The highest BCUT2D eigenvalue weighted by atomic mass is 16.6. The maximum atomic E-state index is 10.9. The largest absolute Gasteiger partial charge is 0.382 e. The fraction of sp³-hybridized carbons (Fsp3) is 0.417. The van der Waals surface area contributed by atoms with Crippen molar-refractivity contribution in [2.24, 2.45) is 5.10 Å². The summed E-state index contributed by atoms with van der Waals surface area (Å²) in [7, 11) is 0. The number of non-ortho nitro benzene ring substituents is 1. The van der Waals surface area contributed by atoms with Crippen molar-refractivity contribution in [2.75, 3.05) is 18.6 Å². The van der Waals surface area contributed by atoms with Gasteiger partial charge >= 0.3 is 5.69 Å². The van der Waals surface area contributed by atoms with E-state index in [0.717, 1.165) is 12.5 Å². The van der Waals surface area contributed by atoms with E-state index in [0.29, 0.717) is 19.6 Å². The zero-order valence-corrected chi connectivity index (χ0v) is 11.5. The number of nitrogens with one attached hydrogen (secondary N) is 1. The van der Waals surface area contributed by atoms with Crippen LogP contribution in [0, 0.1) is 20.2 Å². The molecule has 1 aromatic rings. The summed E-state index contributed by atoms with van der Waals surface area (Å²) in [5.74, 6) is 0. The monoisotopic (exact) mass is 296 g/mol. The Balaban J connectivity index is 2.64. The van der Waals surface area contributed by atoms with E-state index in [1.807, 2.05) is 6.92 Å². The Morgan fingerprint density at radius 1 is 1.33 bits per heavy atom. The molecule has 9 heteroatoms. The topological polar surface area (TPSA) is 120 Å². The number of hydrogen-bond donors (Lipinski definition) is 1. The molecule has 0 unspecified atom stereocenters. The molecule has 0 saturated heterocycles. The van der Waals surface area contributed by atoms with Crippen LogP contribution in [0.1, 0.15) is 19.8 Å². The van der Waals surface area contributed by atoms with E-state index in [-0.39, 0.29) is 11.4 Å². The maximum absolute atomic E-state index is 10.9. The van der Waals surface area contributed by atoms with Crippen LogP contribution < -0.4 is 5.43 Å². The first-order valence-corrected chi connectivity index (χ1v) is 6.34. The van der Waals surface area contributed by atoms with Gasteiger partial charge in [-0.2, -0.15) is 5.10 Å². The molecule has 9 nitrogen and oxygen atoms in total. The molecular weight excluding hydrogens is 280 g/mol. The number of nitro groups is 2. The van der Waals surface area contributed by atoms with E-state index in [1.54, 1.807) is 6.21 Å². The molecule has 0 aromatic heterocycles. The molecule has 1 rings (SSSR count). The zero-order chi connectivity index (χ0) is 15.7. The minimum absolute atomic E-state index is 0.103. The summed E-state index contributed by atoms with van der Waals surface area (Å²) >= 11 is 0. The molecule has 1 aromatic carbocycles. The molecule has 0 radical (unpaired) electrons. The Morgan fingerprint density at radius 3 is 2.71 bits per heavy atom. The summed E-state index contributed by atoms with van der Waals surface area (Å²) in [6, 6.07) is 3.33. The van der Waals surface area contributed by atoms with Crippen molar-refractivity contribution >= 4 is 23.3 Å². The standard InChI is InChI=1S/C12H16N4O5/c1-2-21-8-4-3-7-13-14-11-6-5-10(15(17)18)9-12(11)16(19)20/h5-7,9,14H,2-4,8H2,1H3. The number of hydrogen-bond acceptors (Lipinski definition) is 7.